The summed E-state index contributed by atoms with van der Waals surface area (Å²) in [5.41, 5.74) is 1.49. The lowest BCUT2D eigenvalue weighted by atomic mass is 10.3. The van der Waals surface area contributed by atoms with Crippen molar-refractivity contribution in [2.24, 2.45) is 0 Å². The van der Waals surface area contributed by atoms with E-state index in [0.717, 1.165) is 8.61 Å². The minimum atomic E-state index is -3.79. The van der Waals surface area contributed by atoms with E-state index in [0.29, 0.717) is 16.9 Å². The molecule has 3 rings (SSSR count). The number of hydrogen-bond donors (Lipinski definition) is 1. The molecule has 0 fully saturated rings. The molecule has 0 saturated heterocycles. The van der Waals surface area contributed by atoms with Crippen LogP contribution in [0.3, 0.4) is 0 Å². The lowest BCUT2D eigenvalue weighted by molar-refractivity contribution is 0.520. The predicted octanol–water partition coefficient (Wildman–Crippen LogP) is 1.30. The van der Waals surface area contributed by atoms with Crippen molar-refractivity contribution in [3.8, 4) is 0 Å². The third-order valence-corrected chi connectivity index (χ3v) is 4.78. The largest absolute Gasteiger partial charge is 0.329 e. The van der Waals surface area contributed by atoms with Crippen LogP contribution in [0.4, 0.5) is 11.6 Å². The topological polar surface area (TPSA) is 95.1 Å². The van der Waals surface area contributed by atoms with Crippen LogP contribution in [0.2, 0.25) is 0 Å². The molecule has 9 heteroatoms. The number of aromatic nitrogens is 4. The van der Waals surface area contributed by atoms with E-state index in [2.05, 4.69) is 19.9 Å². The van der Waals surface area contributed by atoms with Gasteiger partial charge in [-0.3, -0.25) is 0 Å². The molecule has 0 bridgehead atoms. The second-order valence-electron chi connectivity index (χ2n) is 4.70. The van der Waals surface area contributed by atoms with E-state index in [-0.39, 0.29) is 5.95 Å². The molecule has 0 amide bonds. The molecule has 0 unspecified atom stereocenters. The number of rotatable bonds is 4. The predicted molar refractivity (Wildman–Crippen MR) is 82.9 cm³/mol. The van der Waals surface area contributed by atoms with Crippen LogP contribution in [0.5, 0.6) is 0 Å². The molecule has 0 aliphatic rings. The monoisotopic (exact) mass is 318 g/mol. The fraction of sp³-hybridized carbons (Fsp3) is 0.154. The third kappa shape index (κ3) is 2.40. The maximum absolute atomic E-state index is 12.7. The molecule has 1 N–H and O–H groups in total. The molecular weight excluding hydrogens is 304 g/mol. The number of fused-ring (bicyclic) bond motifs is 1. The van der Waals surface area contributed by atoms with Crippen LogP contribution >= 0.6 is 0 Å². The van der Waals surface area contributed by atoms with Gasteiger partial charge in [-0.1, -0.05) is 18.2 Å². The average molecular weight is 318 g/mol. The normalized spacial score (nSPS) is 12.0. The highest BCUT2D eigenvalue weighted by Crippen LogP contribution is 2.27. The van der Waals surface area contributed by atoms with Crippen molar-refractivity contribution in [1.29, 1.82) is 0 Å². The zero-order valence-corrected chi connectivity index (χ0v) is 12.8. The standard InChI is InChI=1S/C13H14N6O2S/c1-18(2)22(20,21)19(10-6-4-3-5-7-10)13-14-8-11-12(17-13)16-9-15-11/h3-9H,1-2H3,(H,14,15,16,17). The van der Waals surface area contributed by atoms with E-state index >= 15 is 0 Å². The number of imidazole rings is 1. The van der Waals surface area contributed by atoms with E-state index < -0.39 is 10.2 Å². The molecule has 22 heavy (non-hydrogen) atoms. The summed E-state index contributed by atoms with van der Waals surface area (Å²) in [6.45, 7) is 0. The van der Waals surface area contributed by atoms with Crippen molar-refractivity contribution in [3.05, 3.63) is 42.9 Å². The van der Waals surface area contributed by atoms with Crippen molar-refractivity contribution in [2.75, 3.05) is 18.4 Å². The quantitative estimate of drug-likeness (QED) is 0.782. The zero-order valence-electron chi connectivity index (χ0n) is 12.0. The molecule has 0 radical (unpaired) electrons. The maximum Gasteiger partial charge on any atom is 0.310 e. The molecule has 3 aromatic rings. The van der Waals surface area contributed by atoms with Crippen molar-refractivity contribution in [1.82, 2.24) is 24.2 Å². The SMILES string of the molecule is CN(C)S(=O)(=O)N(c1ccccc1)c1ncc2nc[nH]c2n1. The zero-order chi connectivity index (χ0) is 15.7. The molecule has 0 aliphatic heterocycles. The van der Waals surface area contributed by atoms with Crippen molar-refractivity contribution < 1.29 is 8.42 Å². The number of aromatic amines is 1. The number of nitrogens with zero attached hydrogens (tertiary/aromatic N) is 5. The highest BCUT2D eigenvalue weighted by atomic mass is 32.2. The van der Waals surface area contributed by atoms with Crippen LogP contribution in [0.15, 0.2) is 42.9 Å². The second-order valence-corrected chi connectivity index (χ2v) is 6.69. The summed E-state index contributed by atoms with van der Waals surface area (Å²) in [5.74, 6) is 0.0525. The van der Waals surface area contributed by atoms with Crippen molar-refractivity contribution in [2.45, 2.75) is 0 Å². The van der Waals surface area contributed by atoms with Crippen LogP contribution in [-0.4, -0.2) is 46.8 Å². The van der Waals surface area contributed by atoms with Gasteiger partial charge in [0.2, 0.25) is 5.95 Å². The summed E-state index contributed by atoms with van der Waals surface area (Å²) in [4.78, 5) is 15.3. The first kappa shape index (κ1) is 14.4. The van der Waals surface area contributed by atoms with Gasteiger partial charge in [-0.2, -0.15) is 22.0 Å². The fourth-order valence-corrected chi connectivity index (χ4v) is 2.92. The summed E-state index contributed by atoms with van der Waals surface area (Å²) < 4.78 is 27.5. The molecule has 0 aliphatic carbocycles. The minimum absolute atomic E-state index is 0.0525. The van der Waals surface area contributed by atoms with Gasteiger partial charge in [-0.05, 0) is 12.1 Å². The van der Waals surface area contributed by atoms with Crippen LogP contribution in [0, 0.1) is 0 Å². The highest BCUT2D eigenvalue weighted by molar-refractivity contribution is 7.90. The van der Waals surface area contributed by atoms with Gasteiger partial charge in [-0.25, -0.2) is 9.97 Å². The Bertz CT molecular complexity index is 891. The highest BCUT2D eigenvalue weighted by Gasteiger charge is 2.29. The Morgan fingerprint density at radius 3 is 2.50 bits per heavy atom. The van der Waals surface area contributed by atoms with Gasteiger partial charge >= 0.3 is 10.2 Å². The number of para-hydroxylation sites is 1. The van der Waals surface area contributed by atoms with Crippen LogP contribution in [0.25, 0.3) is 11.2 Å². The first-order chi connectivity index (χ1) is 10.5. The second kappa shape index (κ2) is 5.35. The molecule has 0 spiro atoms. The lowest BCUT2D eigenvalue weighted by Crippen LogP contribution is -2.37. The summed E-state index contributed by atoms with van der Waals surface area (Å²) in [7, 11) is -0.873. The number of hydrogen-bond acceptors (Lipinski definition) is 5. The van der Waals surface area contributed by atoms with Crippen LogP contribution in [0.1, 0.15) is 0 Å². The Morgan fingerprint density at radius 2 is 1.82 bits per heavy atom. The summed E-state index contributed by atoms with van der Waals surface area (Å²) in [6, 6.07) is 8.68. The van der Waals surface area contributed by atoms with Crippen LogP contribution in [-0.2, 0) is 10.2 Å². The fourth-order valence-electron chi connectivity index (χ4n) is 1.91. The van der Waals surface area contributed by atoms with Crippen LogP contribution < -0.4 is 4.31 Å². The van der Waals surface area contributed by atoms with E-state index in [1.165, 1.54) is 26.6 Å². The lowest BCUT2D eigenvalue weighted by Gasteiger charge is -2.25. The molecular formula is C13H14N6O2S. The van der Waals surface area contributed by atoms with Gasteiger partial charge < -0.3 is 4.98 Å². The first-order valence-electron chi connectivity index (χ1n) is 6.44. The molecule has 0 atom stereocenters. The van der Waals surface area contributed by atoms with Gasteiger partial charge in [0.1, 0.15) is 5.52 Å². The summed E-state index contributed by atoms with van der Waals surface area (Å²) >= 11 is 0. The van der Waals surface area contributed by atoms with E-state index in [4.69, 9.17) is 0 Å². The van der Waals surface area contributed by atoms with Gasteiger partial charge in [0.25, 0.3) is 0 Å². The van der Waals surface area contributed by atoms with E-state index in [1.807, 2.05) is 6.07 Å². The Labute approximate surface area is 127 Å². The summed E-state index contributed by atoms with van der Waals surface area (Å²) in [6.07, 6.45) is 2.96. The number of benzene rings is 1. The smallest absolute Gasteiger partial charge is 0.310 e. The van der Waals surface area contributed by atoms with Gasteiger partial charge in [-0.15, -0.1) is 0 Å². The molecule has 0 saturated carbocycles. The Balaban J connectivity index is 2.21. The molecule has 2 aromatic heterocycles. The number of nitrogens with one attached hydrogen (secondary N) is 1. The minimum Gasteiger partial charge on any atom is -0.329 e. The molecule has 1 aromatic carbocycles. The first-order valence-corrected chi connectivity index (χ1v) is 7.84. The van der Waals surface area contributed by atoms with E-state index in [1.54, 1.807) is 24.3 Å². The van der Waals surface area contributed by atoms with Crippen molar-refractivity contribution in [3.63, 3.8) is 0 Å². The Morgan fingerprint density at radius 1 is 1.09 bits per heavy atom. The van der Waals surface area contributed by atoms with Gasteiger partial charge in [0.05, 0.1) is 18.2 Å². The summed E-state index contributed by atoms with van der Waals surface area (Å²) in [5, 5.41) is 0. The van der Waals surface area contributed by atoms with Gasteiger partial charge in [0.15, 0.2) is 5.65 Å². The molecule has 8 nitrogen and oxygen atoms in total. The third-order valence-electron chi connectivity index (χ3n) is 3.03. The van der Waals surface area contributed by atoms with Crippen molar-refractivity contribution >= 4 is 33.0 Å². The Kier molecular flexibility index (Phi) is 3.51. The Hall–Kier alpha value is -2.52. The average Bonchev–Trinajstić information content (AvgIpc) is 2.96. The molecule has 114 valence electrons. The molecule has 2 heterocycles. The number of anilines is 2. The number of H-pyrrole nitrogens is 1. The van der Waals surface area contributed by atoms with E-state index in [9.17, 15) is 8.42 Å². The maximum atomic E-state index is 12.7. The van der Waals surface area contributed by atoms with Gasteiger partial charge in [0, 0.05) is 14.1 Å².